The summed E-state index contributed by atoms with van der Waals surface area (Å²) in [5.41, 5.74) is 1.49. The van der Waals surface area contributed by atoms with Crippen LogP contribution in [0.2, 0.25) is 5.02 Å². The first-order chi connectivity index (χ1) is 12.2. The lowest BCUT2D eigenvalue weighted by Gasteiger charge is -2.23. The molecule has 1 N–H and O–H groups in total. The van der Waals surface area contributed by atoms with Gasteiger partial charge < -0.3 is 14.7 Å². The molecule has 1 aliphatic rings. The second-order valence-corrected chi connectivity index (χ2v) is 7.48. The molecule has 0 fully saturated rings. The van der Waals surface area contributed by atoms with E-state index in [0.29, 0.717) is 35.8 Å². The highest BCUT2D eigenvalue weighted by molar-refractivity contribution is 6.30. The van der Waals surface area contributed by atoms with Gasteiger partial charge >= 0.3 is 5.97 Å². The molecule has 0 atom stereocenters. The molecule has 0 spiro atoms. The molecule has 1 heterocycles. The molecule has 2 aromatic carbocycles. The van der Waals surface area contributed by atoms with Crippen molar-refractivity contribution in [2.24, 2.45) is 0 Å². The summed E-state index contributed by atoms with van der Waals surface area (Å²) in [6.45, 7) is 4.10. The molecule has 0 saturated carbocycles. The van der Waals surface area contributed by atoms with Gasteiger partial charge in [0.1, 0.15) is 18.0 Å². The van der Waals surface area contributed by atoms with E-state index in [1.165, 1.54) is 13.8 Å². The Kier molecular flexibility index (Phi) is 5.10. The number of carboxylic acids is 1. The lowest BCUT2D eigenvalue weighted by Crippen LogP contribution is -2.24. The van der Waals surface area contributed by atoms with Crippen molar-refractivity contribution in [3.63, 3.8) is 0 Å². The van der Waals surface area contributed by atoms with Crippen molar-refractivity contribution in [3.8, 4) is 5.75 Å². The number of halogens is 2. The molecule has 1 aliphatic heterocycles. The summed E-state index contributed by atoms with van der Waals surface area (Å²) in [6, 6.07) is 10.6. The van der Waals surface area contributed by atoms with Crippen molar-refractivity contribution < 1.29 is 19.0 Å². The smallest absolute Gasteiger partial charge is 0.336 e. The minimum absolute atomic E-state index is 0.0542. The largest absolute Gasteiger partial charge is 0.490 e. The zero-order valence-electron chi connectivity index (χ0n) is 14.8. The maximum absolute atomic E-state index is 13.8. The first kappa shape index (κ1) is 18.5. The number of nitrogens with zero attached hydrogens (tertiary/aromatic N) is 1. The zero-order chi connectivity index (χ0) is 18.9. The standard InChI is InChI=1S/C20H21ClFNO3/c1-20(2,22)12-26-18-7-6-14(21)10-13(18)11-23-9-8-15-16(19(24)25)4-3-5-17(15)23/h3-7,10H,8-9,11-12H2,1-2H3,(H,24,25). The van der Waals surface area contributed by atoms with Crippen LogP contribution < -0.4 is 9.64 Å². The molecule has 0 amide bonds. The fraction of sp³-hybridized carbons (Fsp3) is 0.350. The van der Waals surface area contributed by atoms with Gasteiger partial charge in [-0.15, -0.1) is 0 Å². The number of ether oxygens (including phenoxy) is 1. The third kappa shape index (κ3) is 4.10. The highest BCUT2D eigenvalue weighted by Crippen LogP contribution is 2.34. The molecule has 0 aromatic heterocycles. The summed E-state index contributed by atoms with van der Waals surface area (Å²) in [5, 5.41) is 9.93. The molecular formula is C20H21ClFNO3. The molecule has 138 valence electrons. The lowest BCUT2D eigenvalue weighted by molar-refractivity contribution is 0.0696. The summed E-state index contributed by atoms with van der Waals surface area (Å²) < 4.78 is 19.5. The Bertz CT molecular complexity index is 832. The number of hydrogen-bond acceptors (Lipinski definition) is 3. The van der Waals surface area contributed by atoms with Gasteiger partial charge in [0.2, 0.25) is 0 Å². The molecular weight excluding hydrogens is 357 g/mol. The van der Waals surface area contributed by atoms with Crippen LogP contribution >= 0.6 is 11.6 Å². The Morgan fingerprint density at radius 2 is 2.12 bits per heavy atom. The molecule has 26 heavy (non-hydrogen) atoms. The van der Waals surface area contributed by atoms with E-state index in [-0.39, 0.29) is 6.61 Å². The fourth-order valence-corrected chi connectivity index (χ4v) is 3.33. The van der Waals surface area contributed by atoms with E-state index in [9.17, 15) is 14.3 Å². The quantitative estimate of drug-likeness (QED) is 0.790. The van der Waals surface area contributed by atoms with Gasteiger partial charge in [-0.3, -0.25) is 0 Å². The van der Waals surface area contributed by atoms with Crippen LogP contribution in [0.3, 0.4) is 0 Å². The molecule has 4 nitrogen and oxygen atoms in total. The predicted molar refractivity (Wildman–Crippen MR) is 100 cm³/mol. The summed E-state index contributed by atoms with van der Waals surface area (Å²) >= 11 is 6.13. The minimum atomic E-state index is -1.44. The van der Waals surface area contributed by atoms with Gasteiger partial charge in [0.05, 0.1) is 5.56 Å². The highest BCUT2D eigenvalue weighted by Gasteiger charge is 2.25. The first-order valence-electron chi connectivity index (χ1n) is 8.45. The summed E-state index contributed by atoms with van der Waals surface area (Å²) in [5.74, 6) is -0.330. The molecule has 3 rings (SSSR count). The van der Waals surface area contributed by atoms with E-state index in [1.807, 2.05) is 6.07 Å². The van der Waals surface area contributed by atoms with Crippen molar-refractivity contribution >= 4 is 23.3 Å². The molecule has 0 saturated heterocycles. The van der Waals surface area contributed by atoms with Crippen LogP contribution in [-0.4, -0.2) is 29.9 Å². The van der Waals surface area contributed by atoms with Crippen molar-refractivity contribution in [2.45, 2.75) is 32.5 Å². The highest BCUT2D eigenvalue weighted by atomic mass is 35.5. The average molecular weight is 378 g/mol. The maximum Gasteiger partial charge on any atom is 0.336 e. The number of carboxylic acid groups (broad SMARTS) is 1. The van der Waals surface area contributed by atoms with E-state index in [4.69, 9.17) is 16.3 Å². The Morgan fingerprint density at radius 3 is 2.81 bits per heavy atom. The number of anilines is 1. The van der Waals surface area contributed by atoms with E-state index in [1.54, 1.807) is 30.3 Å². The Morgan fingerprint density at radius 1 is 1.35 bits per heavy atom. The number of hydrogen-bond donors (Lipinski definition) is 1. The normalized spacial score (nSPS) is 13.6. The van der Waals surface area contributed by atoms with Crippen molar-refractivity contribution in [1.29, 1.82) is 0 Å². The van der Waals surface area contributed by atoms with Gasteiger partial charge in [0, 0.05) is 29.4 Å². The third-order valence-corrected chi connectivity index (χ3v) is 4.54. The molecule has 0 bridgehead atoms. The SMILES string of the molecule is CC(C)(F)COc1ccc(Cl)cc1CN1CCc2c(C(=O)O)cccc21. The monoisotopic (exact) mass is 377 g/mol. The molecule has 0 aliphatic carbocycles. The molecule has 2 aromatic rings. The average Bonchev–Trinajstić information content (AvgIpc) is 2.96. The van der Waals surface area contributed by atoms with Crippen LogP contribution in [0.4, 0.5) is 10.1 Å². The zero-order valence-corrected chi connectivity index (χ0v) is 15.5. The van der Waals surface area contributed by atoms with Crippen molar-refractivity contribution in [3.05, 3.63) is 58.1 Å². The summed E-state index contributed by atoms with van der Waals surface area (Å²) in [7, 11) is 0. The summed E-state index contributed by atoms with van der Waals surface area (Å²) in [4.78, 5) is 13.5. The van der Waals surface area contributed by atoms with Crippen LogP contribution in [-0.2, 0) is 13.0 Å². The first-order valence-corrected chi connectivity index (χ1v) is 8.83. The number of carbonyl (C=O) groups is 1. The van der Waals surface area contributed by atoms with Gasteiger partial charge in [-0.2, -0.15) is 0 Å². The van der Waals surface area contributed by atoms with Gasteiger partial charge in [0.25, 0.3) is 0 Å². The Hall–Kier alpha value is -2.27. The van der Waals surface area contributed by atoms with Crippen LogP contribution in [0.1, 0.15) is 35.3 Å². The topological polar surface area (TPSA) is 49.8 Å². The van der Waals surface area contributed by atoms with Crippen molar-refractivity contribution in [2.75, 3.05) is 18.1 Å². The van der Waals surface area contributed by atoms with E-state index < -0.39 is 11.6 Å². The number of benzene rings is 2. The van der Waals surface area contributed by atoms with Crippen LogP contribution in [0.25, 0.3) is 0 Å². The molecule has 0 unspecified atom stereocenters. The van der Waals surface area contributed by atoms with Gasteiger partial charge in [-0.05, 0) is 56.2 Å². The number of rotatable bonds is 6. The van der Waals surface area contributed by atoms with Crippen LogP contribution in [0.5, 0.6) is 5.75 Å². The van der Waals surface area contributed by atoms with E-state index in [2.05, 4.69) is 4.90 Å². The number of alkyl halides is 1. The second kappa shape index (κ2) is 7.16. The predicted octanol–water partition coefficient (Wildman–Crippen LogP) is 4.73. The van der Waals surface area contributed by atoms with Gasteiger partial charge in [0.15, 0.2) is 0 Å². The van der Waals surface area contributed by atoms with Gasteiger partial charge in [-0.1, -0.05) is 17.7 Å². The van der Waals surface area contributed by atoms with Crippen LogP contribution in [0.15, 0.2) is 36.4 Å². The Balaban J connectivity index is 1.86. The van der Waals surface area contributed by atoms with Crippen LogP contribution in [0, 0.1) is 0 Å². The molecule has 0 radical (unpaired) electrons. The minimum Gasteiger partial charge on any atom is -0.490 e. The van der Waals surface area contributed by atoms with E-state index >= 15 is 0 Å². The lowest BCUT2D eigenvalue weighted by atomic mass is 10.1. The summed E-state index contributed by atoms with van der Waals surface area (Å²) in [6.07, 6.45) is 0.673. The van der Waals surface area contributed by atoms with Gasteiger partial charge in [-0.25, -0.2) is 9.18 Å². The number of aromatic carboxylic acids is 1. The Labute approximate surface area is 157 Å². The fourth-order valence-electron chi connectivity index (χ4n) is 3.13. The number of fused-ring (bicyclic) bond motifs is 1. The van der Waals surface area contributed by atoms with E-state index in [0.717, 1.165) is 16.8 Å². The third-order valence-electron chi connectivity index (χ3n) is 4.31. The van der Waals surface area contributed by atoms with Crippen molar-refractivity contribution in [1.82, 2.24) is 0 Å². The second-order valence-electron chi connectivity index (χ2n) is 7.04. The maximum atomic E-state index is 13.8. The molecule has 6 heteroatoms.